The number of rotatable bonds is 8. The molecule has 0 bridgehead atoms. The van der Waals surface area contributed by atoms with E-state index in [0.29, 0.717) is 11.3 Å². The number of hydrogen-bond donors (Lipinski definition) is 2. The van der Waals surface area contributed by atoms with Crippen molar-refractivity contribution < 1.29 is 19.1 Å². The number of hydrogen-bond acceptors (Lipinski definition) is 5. The summed E-state index contributed by atoms with van der Waals surface area (Å²) in [5.74, 6) is 0.248. The molecule has 8 heteroatoms. The third-order valence-electron chi connectivity index (χ3n) is 6.16. The molecule has 0 saturated carbocycles. The van der Waals surface area contributed by atoms with Crippen LogP contribution < -0.4 is 10.1 Å². The maximum absolute atomic E-state index is 13.3. The number of H-pyrrole nitrogens is 1. The maximum atomic E-state index is 13.3. The van der Waals surface area contributed by atoms with E-state index in [-0.39, 0.29) is 24.5 Å². The highest BCUT2D eigenvalue weighted by atomic mass is 16.5. The standard InChI is InChI=1S/C28H30N4O4/c1-17(2)32(3)28(34)22-12-18(10-11-24(22)31-26(33)16-35-4)19-13-21-23(15-30-27(21)29-14-19)20-8-6-7-9-25(20)36-5/h6-15,17H,16H2,1-5H3,(H,29,30)(H,31,33). The van der Waals surface area contributed by atoms with Crippen molar-refractivity contribution in [2.45, 2.75) is 19.9 Å². The number of amides is 2. The second-order valence-corrected chi connectivity index (χ2v) is 8.77. The van der Waals surface area contributed by atoms with Gasteiger partial charge in [0.25, 0.3) is 5.91 Å². The first-order valence-electron chi connectivity index (χ1n) is 11.6. The zero-order valence-corrected chi connectivity index (χ0v) is 21.1. The fourth-order valence-electron chi connectivity index (χ4n) is 4.00. The average molecular weight is 487 g/mol. The van der Waals surface area contributed by atoms with E-state index in [4.69, 9.17) is 9.47 Å². The van der Waals surface area contributed by atoms with Gasteiger partial charge in [0.15, 0.2) is 0 Å². The summed E-state index contributed by atoms with van der Waals surface area (Å²) in [6, 6.07) is 15.3. The molecular weight excluding hydrogens is 456 g/mol. The molecule has 2 amide bonds. The first-order valence-corrected chi connectivity index (χ1v) is 11.6. The number of ether oxygens (including phenoxy) is 2. The fraction of sp³-hybridized carbons (Fsp3) is 0.250. The number of nitrogens with one attached hydrogen (secondary N) is 2. The van der Waals surface area contributed by atoms with Crippen molar-refractivity contribution in [1.82, 2.24) is 14.9 Å². The van der Waals surface area contributed by atoms with E-state index in [2.05, 4.69) is 15.3 Å². The molecule has 2 aromatic heterocycles. The summed E-state index contributed by atoms with van der Waals surface area (Å²) in [6.45, 7) is 3.78. The Bertz CT molecular complexity index is 1410. The van der Waals surface area contributed by atoms with E-state index in [1.54, 1.807) is 37.4 Å². The number of para-hydroxylation sites is 1. The Labute approximate surface area is 210 Å². The first-order chi connectivity index (χ1) is 17.3. The van der Waals surface area contributed by atoms with Crippen LogP contribution in [0.5, 0.6) is 5.75 Å². The Hall–Kier alpha value is -4.17. The second kappa shape index (κ2) is 10.6. The molecule has 2 N–H and O–H groups in total. The number of carbonyl (C=O) groups excluding carboxylic acids is 2. The van der Waals surface area contributed by atoms with Gasteiger partial charge in [-0.15, -0.1) is 0 Å². The number of benzene rings is 2. The number of pyridine rings is 1. The summed E-state index contributed by atoms with van der Waals surface area (Å²) in [4.78, 5) is 35.0. The molecule has 0 saturated heterocycles. The van der Waals surface area contributed by atoms with Gasteiger partial charge >= 0.3 is 0 Å². The molecule has 0 unspecified atom stereocenters. The predicted octanol–water partition coefficient (Wildman–Crippen LogP) is 4.97. The van der Waals surface area contributed by atoms with E-state index >= 15 is 0 Å². The third-order valence-corrected chi connectivity index (χ3v) is 6.16. The molecule has 0 spiro atoms. The smallest absolute Gasteiger partial charge is 0.255 e. The Morgan fingerprint density at radius 1 is 1.06 bits per heavy atom. The van der Waals surface area contributed by atoms with Gasteiger partial charge in [0.05, 0.1) is 18.4 Å². The Kier molecular flexibility index (Phi) is 7.36. The number of nitrogens with zero attached hydrogens (tertiary/aromatic N) is 2. The van der Waals surface area contributed by atoms with Gasteiger partial charge in [-0.3, -0.25) is 9.59 Å². The number of anilines is 1. The lowest BCUT2D eigenvalue weighted by Gasteiger charge is -2.23. The summed E-state index contributed by atoms with van der Waals surface area (Å²) in [5.41, 5.74) is 5.15. The minimum Gasteiger partial charge on any atom is -0.496 e. The van der Waals surface area contributed by atoms with Crippen molar-refractivity contribution >= 4 is 28.5 Å². The highest BCUT2D eigenvalue weighted by Gasteiger charge is 2.21. The summed E-state index contributed by atoms with van der Waals surface area (Å²) >= 11 is 0. The van der Waals surface area contributed by atoms with Crippen LogP contribution in [-0.2, 0) is 9.53 Å². The van der Waals surface area contributed by atoms with Crippen LogP contribution in [0.4, 0.5) is 5.69 Å². The maximum Gasteiger partial charge on any atom is 0.255 e. The number of fused-ring (bicyclic) bond motifs is 1. The largest absolute Gasteiger partial charge is 0.496 e. The molecule has 0 aliphatic rings. The predicted molar refractivity (Wildman–Crippen MR) is 141 cm³/mol. The number of aromatic nitrogens is 2. The molecule has 8 nitrogen and oxygen atoms in total. The van der Waals surface area contributed by atoms with E-state index in [1.807, 2.05) is 56.4 Å². The lowest BCUT2D eigenvalue weighted by Crippen LogP contribution is -2.33. The Balaban J connectivity index is 1.81. The van der Waals surface area contributed by atoms with Crippen LogP contribution in [-0.4, -0.2) is 60.6 Å². The molecule has 36 heavy (non-hydrogen) atoms. The zero-order chi connectivity index (χ0) is 25.8. The SMILES string of the molecule is COCC(=O)Nc1ccc(-c2cnc3[nH]cc(-c4ccccc4OC)c3c2)cc1C(=O)N(C)C(C)C. The molecule has 186 valence electrons. The molecule has 0 aliphatic carbocycles. The van der Waals surface area contributed by atoms with Crippen LogP contribution in [0, 0.1) is 0 Å². The molecule has 0 fully saturated rings. The summed E-state index contributed by atoms with van der Waals surface area (Å²) in [7, 11) is 4.84. The van der Waals surface area contributed by atoms with Gasteiger partial charge in [0.2, 0.25) is 5.91 Å². The van der Waals surface area contributed by atoms with Gasteiger partial charge in [0, 0.05) is 54.7 Å². The number of aromatic amines is 1. The fourth-order valence-corrected chi connectivity index (χ4v) is 4.00. The van der Waals surface area contributed by atoms with Crippen molar-refractivity contribution in [2.24, 2.45) is 0 Å². The third kappa shape index (κ3) is 4.94. The monoisotopic (exact) mass is 486 g/mol. The topological polar surface area (TPSA) is 96.5 Å². The van der Waals surface area contributed by atoms with Gasteiger partial charge in [-0.2, -0.15) is 0 Å². The first kappa shape index (κ1) is 24.9. The summed E-state index contributed by atoms with van der Waals surface area (Å²) in [5, 5.41) is 3.72. The Morgan fingerprint density at radius 3 is 2.56 bits per heavy atom. The van der Waals surface area contributed by atoms with Crippen LogP contribution in [0.2, 0.25) is 0 Å². The minimum atomic E-state index is -0.330. The van der Waals surface area contributed by atoms with E-state index in [9.17, 15) is 9.59 Å². The van der Waals surface area contributed by atoms with Crippen LogP contribution in [0.3, 0.4) is 0 Å². The van der Waals surface area contributed by atoms with Gasteiger partial charge in [-0.1, -0.05) is 24.3 Å². The lowest BCUT2D eigenvalue weighted by atomic mass is 9.99. The molecule has 0 radical (unpaired) electrons. The molecule has 0 aliphatic heterocycles. The van der Waals surface area contributed by atoms with Crippen molar-refractivity contribution in [3.63, 3.8) is 0 Å². The van der Waals surface area contributed by atoms with Crippen molar-refractivity contribution in [2.75, 3.05) is 33.2 Å². The van der Waals surface area contributed by atoms with Crippen molar-refractivity contribution in [3.8, 4) is 28.0 Å². The van der Waals surface area contributed by atoms with Crippen LogP contribution >= 0.6 is 0 Å². The van der Waals surface area contributed by atoms with Gasteiger partial charge < -0.3 is 24.7 Å². The summed E-state index contributed by atoms with van der Waals surface area (Å²) in [6.07, 6.45) is 3.68. The van der Waals surface area contributed by atoms with Crippen molar-refractivity contribution in [3.05, 3.63) is 66.5 Å². The quantitative estimate of drug-likeness (QED) is 0.367. The average Bonchev–Trinajstić information content (AvgIpc) is 3.31. The minimum absolute atomic E-state index is 0.00929. The van der Waals surface area contributed by atoms with Crippen LogP contribution in [0.25, 0.3) is 33.3 Å². The van der Waals surface area contributed by atoms with E-state index in [0.717, 1.165) is 39.0 Å². The number of carbonyl (C=O) groups is 2. The molecule has 4 rings (SSSR count). The highest BCUT2D eigenvalue weighted by molar-refractivity contribution is 6.05. The molecule has 2 aromatic carbocycles. The van der Waals surface area contributed by atoms with E-state index < -0.39 is 0 Å². The van der Waals surface area contributed by atoms with Gasteiger partial charge in [-0.25, -0.2) is 4.98 Å². The van der Waals surface area contributed by atoms with Crippen LogP contribution in [0.15, 0.2) is 60.9 Å². The molecule has 2 heterocycles. The molecular formula is C28H30N4O4. The number of methoxy groups -OCH3 is 2. The summed E-state index contributed by atoms with van der Waals surface area (Å²) < 4.78 is 10.5. The molecule has 4 aromatic rings. The van der Waals surface area contributed by atoms with Crippen LogP contribution in [0.1, 0.15) is 24.2 Å². The van der Waals surface area contributed by atoms with Crippen molar-refractivity contribution in [1.29, 1.82) is 0 Å². The lowest BCUT2D eigenvalue weighted by molar-refractivity contribution is -0.119. The van der Waals surface area contributed by atoms with Gasteiger partial charge in [0.1, 0.15) is 18.0 Å². The van der Waals surface area contributed by atoms with Gasteiger partial charge in [-0.05, 0) is 43.7 Å². The highest BCUT2D eigenvalue weighted by Crippen LogP contribution is 2.36. The normalized spacial score (nSPS) is 11.1. The van der Waals surface area contributed by atoms with E-state index in [1.165, 1.54) is 7.11 Å². The zero-order valence-electron chi connectivity index (χ0n) is 21.1. The molecule has 0 atom stereocenters. The Morgan fingerprint density at radius 2 is 1.83 bits per heavy atom. The second-order valence-electron chi connectivity index (χ2n) is 8.77.